The minimum atomic E-state index is 0.0909. The Kier molecular flexibility index (Phi) is 2.75. The first kappa shape index (κ1) is 10.2. The zero-order valence-corrected chi connectivity index (χ0v) is 9.29. The number of H-pyrrole nitrogens is 1. The van der Waals surface area contributed by atoms with Gasteiger partial charge in [-0.3, -0.25) is 9.89 Å². The standard InChI is InChI=1S/C11H17N3O/c1-8-10(7-12-13-8)11(15)14(2)9-5-3-4-6-9/h7,9H,3-6H2,1-2H3,(H,12,13). The summed E-state index contributed by atoms with van der Waals surface area (Å²) in [5.41, 5.74) is 1.55. The third kappa shape index (κ3) is 1.89. The SMILES string of the molecule is Cc1[nH]ncc1C(=O)N(C)C1CCCC1. The normalized spacial score (nSPS) is 16.9. The van der Waals surface area contributed by atoms with Crippen molar-refractivity contribution in [3.63, 3.8) is 0 Å². The molecule has 2 rings (SSSR count). The van der Waals surface area contributed by atoms with Gasteiger partial charge in [-0.1, -0.05) is 12.8 Å². The number of amides is 1. The maximum atomic E-state index is 12.1. The summed E-state index contributed by atoms with van der Waals surface area (Å²) >= 11 is 0. The van der Waals surface area contributed by atoms with Crippen LogP contribution in [-0.2, 0) is 0 Å². The number of aromatic amines is 1. The van der Waals surface area contributed by atoms with Crippen LogP contribution in [0.3, 0.4) is 0 Å². The van der Waals surface area contributed by atoms with Gasteiger partial charge in [-0.05, 0) is 19.8 Å². The number of aryl methyl sites for hydroxylation is 1. The van der Waals surface area contributed by atoms with Crippen LogP contribution in [0.15, 0.2) is 6.20 Å². The summed E-state index contributed by atoms with van der Waals surface area (Å²) in [4.78, 5) is 13.9. The molecule has 0 atom stereocenters. The molecule has 1 saturated carbocycles. The van der Waals surface area contributed by atoms with Gasteiger partial charge >= 0.3 is 0 Å². The lowest BCUT2D eigenvalue weighted by Gasteiger charge is -2.23. The lowest BCUT2D eigenvalue weighted by Crippen LogP contribution is -2.35. The highest BCUT2D eigenvalue weighted by Gasteiger charge is 2.25. The van der Waals surface area contributed by atoms with Crippen LogP contribution in [0.25, 0.3) is 0 Å². The Morgan fingerprint density at radius 3 is 2.73 bits per heavy atom. The molecule has 0 aromatic carbocycles. The summed E-state index contributed by atoms with van der Waals surface area (Å²) in [7, 11) is 1.89. The molecule has 4 heteroatoms. The largest absolute Gasteiger partial charge is 0.339 e. The van der Waals surface area contributed by atoms with Crippen molar-refractivity contribution in [2.75, 3.05) is 7.05 Å². The van der Waals surface area contributed by atoms with E-state index < -0.39 is 0 Å². The van der Waals surface area contributed by atoms with E-state index in [1.165, 1.54) is 12.8 Å². The van der Waals surface area contributed by atoms with Gasteiger partial charge in [-0.15, -0.1) is 0 Å². The fraction of sp³-hybridized carbons (Fsp3) is 0.636. The van der Waals surface area contributed by atoms with Crippen molar-refractivity contribution in [1.82, 2.24) is 15.1 Å². The number of carbonyl (C=O) groups is 1. The van der Waals surface area contributed by atoms with E-state index in [2.05, 4.69) is 10.2 Å². The molecule has 1 aliphatic rings. The molecule has 1 aromatic rings. The summed E-state index contributed by atoms with van der Waals surface area (Å²) in [5.74, 6) is 0.0909. The van der Waals surface area contributed by atoms with Crippen LogP contribution in [-0.4, -0.2) is 34.1 Å². The number of carbonyl (C=O) groups excluding carboxylic acids is 1. The molecule has 1 N–H and O–H groups in total. The van der Waals surface area contributed by atoms with Crippen LogP contribution in [0.4, 0.5) is 0 Å². The lowest BCUT2D eigenvalue weighted by molar-refractivity contribution is 0.0734. The Hall–Kier alpha value is -1.32. The Bertz CT molecular complexity index is 352. The Morgan fingerprint density at radius 2 is 2.20 bits per heavy atom. The third-order valence-corrected chi connectivity index (χ3v) is 3.25. The van der Waals surface area contributed by atoms with E-state index in [1.807, 2.05) is 18.9 Å². The summed E-state index contributed by atoms with van der Waals surface area (Å²) < 4.78 is 0. The lowest BCUT2D eigenvalue weighted by atomic mass is 10.1. The average Bonchev–Trinajstić information content (AvgIpc) is 2.85. The zero-order chi connectivity index (χ0) is 10.8. The first-order valence-electron chi connectivity index (χ1n) is 5.47. The Balaban J connectivity index is 2.10. The molecular formula is C11H17N3O. The number of rotatable bonds is 2. The molecule has 0 spiro atoms. The molecule has 82 valence electrons. The van der Waals surface area contributed by atoms with Gasteiger partial charge < -0.3 is 4.90 Å². The van der Waals surface area contributed by atoms with Crippen molar-refractivity contribution >= 4 is 5.91 Å². The van der Waals surface area contributed by atoms with Gasteiger partial charge in [0.1, 0.15) is 0 Å². The molecule has 1 fully saturated rings. The molecule has 0 unspecified atom stereocenters. The highest BCUT2D eigenvalue weighted by atomic mass is 16.2. The highest BCUT2D eigenvalue weighted by Crippen LogP contribution is 2.23. The number of nitrogens with zero attached hydrogens (tertiary/aromatic N) is 2. The molecule has 0 radical (unpaired) electrons. The fourth-order valence-corrected chi connectivity index (χ4v) is 2.21. The smallest absolute Gasteiger partial charge is 0.257 e. The van der Waals surface area contributed by atoms with Gasteiger partial charge in [0, 0.05) is 18.8 Å². The molecule has 4 nitrogen and oxygen atoms in total. The molecule has 1 aliphatic carbocycles. The quantitative estimate of drug-likeness (QED) is 0.803. The van der Waals surface area contributed by atoms with E-state index in [-0.39, 0.29) is 5.91 Å². The van der Waals surface area contributed by atoms with Crippen molar-refractivity contribution in [1.29, 1.82) is 0 Å². The van der Waals surface area contributed by atoms with Crippen LogP contribution in [0.2, 0.25) is 0 Å². The predicted octanol–water partition coefficient (Wildman–Crippen LogP) is 1.73. The number of aromatic nitrogens is 2. The highest BCUT2D eigenvalue weighted by molar-refractivity contribution is 5.95. The molecule has 0 bridgehead atoms. The second-order valence-corrected chi connectivity index (χ2v) is 4.26. The topological polar surface area (TPSA) is 49.0 Å². The Morgan fingerprint density at radius 1 is 1.53 bits per heavy atom. The van der Waals surface area contributed by atoms with Gasteiger partial charge in [0.15, 0.2) is 0 Å². The second-order valence-electron chi connectivity index (χ2n) is 4.26. The van der Waals surface area contributed by atoms with E-state index in [0.29, 0.717) is 11.6 Å². The first-order chi connectivity index (χ1) is 7.20. The fourth-order valence-electron chi connectivity index (χ4n) is 2.21. The summed E-state index contributed by atoms with van der Waals surface area (Å²) in [6.07, 6.45) is 6.38. The summed E-state index contributed by atoms with van der Waals surface area (Å²) in [6, 6.07) is 0.423. The van der Waals surface area contributed by atoms with Crippen molar-refractivity contribution < 1.29 is 4.79 Å². The Labute approximate surface area is 89.7 Å². The van der Waals surface area contributed by atoms with Gasteiger partial charge in [-0.25, -0.2) is 0 Å². The van der Waals surface area contributed by atoms with E-state index in [1.54, 1.807) is 6.20 Å². The van der Waals surface area contributed by atoms with Crippen LogP contribution in [0.1, 0.15) is 41.7 Å². The van der Waals surface area contributed by atoms with Crippen LogP contribution in [0, 0.1) is 6.92 Å². The van der Waals surface area contributed by atoms with Crippen molar-refractivity contribution in [3.8, 4) is 0 Å². The molecule has 1 aromatic heterocycles. The molecule has 0 saturated heterocycles. The number of hydrogen-bond acceptors (Lipinski definition) is 2. The first-order valence-corrected chi connectivity index (χ1v) is 5.47. The van der Waals surface area contributed by atoms with Crippen LogP contribution in [0.5, 0.6) is 0 Å². The van der Waals surface area contributed by atoms with Gasteiger partial charge in [0.2, 0.25) is 0 Å². The van der Waals surface area contributed by atoms with Crippen LogP contribution < -0.4 is 0 Å². The third-order valence-electron chi connectivity index (χ3n) is 3.25. The predicted molar refractivity (Wildman–Crippen MR) is 57.7 cm³/mol. The monoisotopic (exact) mass is 207 g/mol. The van der Waals surface area contributed by atoms with E-state index >= 15 is 0 Å². The van der Waals surface area contributed by atoms with Gasteiger partial charge in [0.25, 0.3) is 5.91 Å². The van der Waals surface area contributed by atoms with Gasteiger partial charge in [-0.2, -0.15) is 5.10 Å². The van der Waals surface area contributed by atoms with Crippen LogP contribution >= 0.6 is 0 Å². The molecular weight excluding hydrogens is 190 g/mol. The van der Waals surface area contributed by atoms with Crippen molar-refractivity contribution in [2.45, 2.75) is 38.6 Å². The summed E-state index contributed by atoms with van der Waals surface area (Å²) in [5, 5.41) is 6.68. The second kappa shape index (κ2) is 4.04. The van der Waals surface area contributed by atoms with E-state index in [4.69, 9.17) is 0 Å². The summed E-state index contributed by atoms with van der Waals surface area (Å²) in [6.45, 7) is 1.88. The number of hydrogen-bond donors (Lipinski definition) is 1. The molecule has 0 aliphatic heterocycles. The van der Waals surface area contributed by atoms with E-state index in [0.717, 1.165) is 18.5 Å². The van der Waals surface area contributed by atoms with Crippen molar-refractivity contribution in [3.05, 3.63) is 17.5 Å². The van der Waals surface area contributed by atoms with Crippen molar-refractivity contribution in [2.24, 2.45) is 0 Å². The molecule has 1 amide bonds. The number of nitrogens with one attached hydrogen (secondary N) is 1. The minimum absolute atomic E-state index is 0.0909. The maximum absolute atomic E-state index is 12.1. The van der Waals surface area contributed by atoms with E-state index in [9.17, 15) is 4.79 Å². The minimum Gasteiger partial charge on any atom is -0.339 e. The maximum Gasteiger partial charge on any atom is 0.257 e. The molecule has 1 heterocycles. The average molecular weight is 207 g/mol. The molecule has 15 heavy (non-hydrogen) atoms. The zero-order valence-electron chi connectivity index (χ0n) is 9.29. The van der Waals surface area contributed by atoms with Gasteiger partial charge in [0.05, 0.1) is 11.8 Å².